The molecule has 2 unspecified atom stereocenters. The maximum absolute atomic E-state index is 12.1. The van der Waals surface area contributed by atoms with Crippen molar-refractivity contribution in [2.45, 2.75) is 25.9 Å². The molecule has 1 heterocycles. The zero-order chi connectivity index (χ0) is 12.4. The van der Waals surface area contributed by atoms with Crippen molar-refractivity contribution in [1.29, 1.82) is 0 Å². The van der Waals surface area contributed by atoms with Crippen molar-refractivity contribution in [2.24, 2.45) is 5.92 Å². The van der Waals surface area contributed by atoms with Gasteiger partial charge in [0, 0.05) is 23.1 Å². The molecule has 0 N–H and O–H groups in total. The lowest BCUT2D eigenvalue weighted by Gasteiger charge is -2.13. The molecule has 0 spiro atoms. The zero-order valence-corrected chi connectivity index (χ0v) is 11.1. The number of benzene rings is 1. The smallest absolute Gasteiger partial charge is 0.166 e. The standard InChI is InChI=1S/C13H14Cl2O2/c1-8-4-5-17-13(8)12(16)7-9-6-10(14)2-3-11(9)15/h2-3,6,8,13H,4-5,7H2,1H3. The van der Waals surface area contributed by atoms with E-state index in [9.17, 15) is 4.79 Å². The molecule has 1 saturated heterocycles. The van der Waals surface area contributed by atoms with Crippen molar-refractivity contribution in [1.82, 2.24) is 0 Å². The predicted octanol–water partition coefficient (Wildman–Crippen LogP) is 3.53. The number of carbonyl (C=O) groups is 1. The van der Waals surface area contributed by atoms with Gasteiger partial charge >= 0.3 is 0 Å². The topological polar surface area (TPSA) is 26.3 Å². The van der Waals surface area contributed by atoms with Gasteiger partial charge in [-0.2, -0.15) is 0 Å². The molecule has 92 valence electrons. The molecule has 0 aliphatic carbocycles. The van der Waals surface area contributed by atoms with Gasteiger partial charge in [-0.1, -0.05) is 30.1 Å². The predicted molar refractivity (Wildman–Crippen MR) is 68.7 cm³/mol. The average Bonchev–Trinajstić information content (AvgIpc) is 2.70. The number of hydrogen-bond donors (Lipinski definition) is 0. The highest BCUT2D eigenvalue weighted by atomic mass is 35.5. The Labute approximate surface area is 111 Å². The van der Waals surface area contributed by atoms with Crippen molar-refractivity contribution >= 4 is 29.0 Å². The third kappa shape index (κ3) is 3.01. The Bertz CT molecular complexity index is 431. The van der Waals surface area contributed by atoms with Crippen molar-refractivity contribution in [2.75, 3.05) is 6.61 Å². The first-order chi connectivity index (χ1) is 8.08. The first-order valence-electron chi connectivity index (χ1n) is 5.66. The van der Waals surface area contributed by atoms with Crippen LogP contribution in [-0.4, -0.2) is 18.5 Å². The van der Waals surface area contributed by atoms with E-state index in [4.69, 9.17) is 27.9 Å². The summed E-state index contributed by atoms with van der Waals surface area (Å²) < 4.78 is 5.44. The minimum Gasteiger partial charge on any atom is -0.370 e. The molecule has 1 aliphatic heterocycles. The molecule has 0 amide bonds. The molecule has 1 fully saturated rings. The van der Waals surface area contributed by atoms with Crippen LogP contribution in [0.5, 0.6) is 0 Å². The van der Waals surface area contributed by atoms with E-state index in [0.29, 0.717) is 22.6 Å². The molecule has 0 aromatic heterocycles. The second-order valence-electron chi connectivity index (χ2n) is 4.44. The minimum absolute atomic E-state index is 0.0826. The number of ether oxygens (including phenoxy) is 1. The molecule has 2 nitrogen and oxygen atoms in total. The SMILES string of the molecule is CC1CCOC1C(=O)Cc1cc(Cl)ccc1Cl. The van der Waals surface area contributed by atoms with Gasteiger partial charge in [-0.25, -0.2) is 0 Å². The second kappa shape index (κ2) is 5.38. The van der Waals surface area contributed by atoms with Crippen LogP contribution in [0.25, 0.3) is 0 Å². The molecule has 1 aromatic rings. The fourth-order valence-corrected chi connectivity index (χ4v) is 2.45. The van der Waals surface area contributed by atoms with Crippen LogP contribution < -0.4 is 0 Å². The van der Waals surface area contributed by atoms with E-state index in [0.717, 1.165) is 12.0 Å². The van der Waals surface area contributed by atoms with Crippen LogP contribution in [0.4, 0.5) is 0 Å². The van der Waals surface area contributed by atoms with Gasteiger partial charge in [0.05, 0.1) is 0 Å². The van der Waals surface area contributed by atoms with Crippen molar-refractivity contribution in [3.8, 4) is 0 Å². The fourth-order valence-electron chi connectivity index (χ4n) is 2.07. The molecule has 1 aliphatic rings. The van der Waals surface area contributed by atoms with Crippen molar-refractivity contribution in [3.05, 3.63) is 33.8 Å². The lowest BCUT2D eigenvalue weighted by Crippen LogP contribution is -2.26. The molecule has 0 saturated carbocycles. The maximum atomic E-state index is 12.1. The quantitative estimate of drug-likeness (QED) is 0.842. The van der Waals surface area contributed by atoms with Crippen LogP contribution in [-0.2, 0) is 16.0 Å². The summed E-state index contributed by atoms with van der Waals surface area (Å²) in [7, 11) is 0. The van der Waals surface area contributed by atoms with Gasteiger partial charge in [0.15, 0.2) is 5.78 Å². The summed E-state index contributed by atoms with van der Waals surface area (Å²) in [6.45, 7) is 2.70. The van der Waals surface area contributed by atoms with E-state index in [1.54, 1.807) is 18.2 Å². The van der Waals surface area contributed by atoms with Crippen LogP contribution in [0, 0.1) is 5.92 Å². The summed E-state index contributed by atoms with van der Waals surface area (Å²) in [4.78, 5) is 12.1. The molecule has 17 heavy (non-hydrogen) atoms. The van der Waals surface area contributed by atoms with Crippen LogP contribution in [0.15, 0.2) is 18.2 Å². The molecule has 2 rings (SSSR count). The second-order valence-corrected chi connectivity index (χ2v) is 5.28. The van der Waals surface area contributed by atoms with E-state index in [-0.39, 0.29) is 18.3 Å². The Balaban J connectivity index is 2.10. The number of rotatable bonds is 3. The lowest BCUT2D eigenvalue weighted by atomic mass is 9.96. The summed E-state index contributed by atoms with van der Waals surface area (Å²) in [5.41, 5.74) is 0.770. The molecule has 0 bridgehead atoms. The van der Waals surface area contributed by atoms with Crippen LogP contribution in [0.1, 0.15) is 18.9 Å². The Morgan fingerprint density at radius 1 is 1.47 bits per heavy atom. The van der Waals surface area contributed by atoms with E-state index >= 15 is 0 Å². The van der Waals surface area contributed by atoms with Gasteiger partial charge in [-0.15, -0.1) is 0 Å². The molecule has 2 atom stereocenters. The fraction of sp³-hybridized carbons (Fsp3) is 0.462. The number of ketones is 1. The molecule has 1 aromatic carbocycles. The highest BCUT2D eigenvalue weighted by Gasteiger charge is 2.30. The Morgan fingerprint density at radius 2 is 2.24 bits per heavy atom. The lowest BCUT2D eigenvalue weighted by molar-refractivity contribution is -0.128. The van der Waals surface area contributed by atoms with E-state index in [1.165, 1.54) is 0 Å². The number of carbonyl (C=O) groups excluding carboxylic acids is 1. The third-order valence-electron chi connectivity index (χ3n) is 3.08. The minimum atomic E-state index is -0.287. The van der Waals surface area contributed by atoms with Crippen LogP contribution >= 0.6 is 23.2 Å². The first kappa shape index (κ1) is 12.9. The Kier molecular flexibility index (Phi) is 4.08. The highest BCUT2D eigenvalue weighted by Crippen LogP contribution is 2.25. The summed E-state index contributed by atoms with van der Waals surface area (Å²) in [6.07, 6.45) is 0.943. The van der Waals surface area contributed by atoms with E-state index in [1.807, 2.05) is 6.92 Å². The summed E-state index contributed by atoms with van der Waals surface area (Å²) in [5.74, 6) is 0.375. The Hall–Kier alpha value is -0.570. The maximum Gasteiger partial charge on any atom is 0.166 e. The first-order valence-corrected chi connectivity index (χ1v) is 6.42. The average molecular weight is 273 g/mol. The molecular weight excluding hydrogens is 259 g/mol. The molecular formula is C13H14Cl2O2. The van der Waals surface area contributed by atoms with E-state index in [2.05, 4.69) is 0 Å². The number of hydrogen-bond acceptors (Lipinski definition) is 2. The van der Waals surface area contributed by atoms with Gasteiger partial charge in [0.1, 0.15) is 6.10 Å². The van der Waals surface area contributed by atoms with Crippen molar-refractivity contribution < 1.29 is 9.53 Å². The summed E-state index contributed by atoms with van der Waals surface area (Å²) >= 11 is 11.9. The van der Waals surface area contributed by atoms with Gasteiger partial charge in [-0.05, 0) is 36.1 Å². The zero-order valence-electron chi connectivity index (χ0n) is 9.58. The van der Waals surface area contributed by atoms with Gasteiger partial charge in [0.2, 0.25) is 0 Å². The number of Topliss-reactive ketones (excluding diaryl/α,β-unsaturated/α-hetero) is 1. The molecule has 0 radical (unpaired) electrons. The summed E-state index contributed by atoms with van der Waals surface area (Å²) in [5, 5.41) is 1.17. The monoisotopic (exact) mass is 272 g/mol. The van der Waals surface area contributed by atoms with Crippen LogP contribution in [0.3, 0.4) is 0 Å². The van der Waals surface area contributed by atoms with Gasteiger partial charge in [-0.3, -0.25) is 4.79 Å². The highest BCUT2D eigenvalue weighted by molar-refractivity contribution is 6.33. The molecule has 4 heteroatoms. The van der Waals surface area contributed by atoms with E-state index < -0.39 is 0 Å². The van der Waals surface area contributed by atoms with Gasteiger partial charge in [0.25, 0.3) is 0 Å². The van der Waals surface area contributed by atoms with Crippen molar-refractivity contribution in [3.63, 3.8) is 0 Å². The van der Waals surface area contributed by atoms with Crippen LogP contribution in [0.2, 0.25) is 10.0 Å². The normalized spacial score (nSPS) is 23.9. The summed E-state index contributed by atoms with van der Waals surface area (Å²) in [6, 6.07) is 5.17. The Morgan fingerprint density at radius 3 is 2.88 bits per heavy atom. The largest absolute Gasteiger partial charge is 0.370 e. The third-order valence-corrected chi connectivity index (χ3v) is 3.68. The van der Waals surface area contributed by atoms with Gasteiger partial charge < -0.3 is 4.74 Å². The number of halogens is 2.